The number of benzene rings is 1. The van der Waals surface area contributed by atoms with Crippen molar-refractivity contribution in [2.75, 3.05) is 13.6 Å². The second-order valence-corrected chi connectivity index (χ2v) is 6.00. The van der Waals surface area contributed by atoms with Crippen LogP contribution in [0, 0.1) is 0 Å². The van der Waals surface area contributed by atoms with Gasteiger partial charge in [0, 0.05) is 25.5 Å². The maximum absolute atomic E-state index is 12.7. The van der Waals surface area contributed by atoms with E-state index in [0.717, 1.165) is 19.3 Å². The lowest BCUT2D eigenvalue weighted by Crippen LogP contribution is -2.33. The highest BCUT2D eigenvalue weighted by Gasteiger charge is 2.20. The van der Waals surface area contributed by atoms with Crippen LogP contribution in [0.25, 0.3) is 10.8 Å². The molecular weight excluding hydrogens is 322 g/mol. The smallest absolute Gasteiger partial charge is 0.305 e. The van der Waals surface area contributed by atoms with Crippen LogP contribution in [-0.2, 0) is 11.3 Å². The number of unbranched alkanes of at least 4 members (excludes halogenated alkanes) is 2. The number of carboxylic acid groups (broad SMARTS) is 1. The molecule has 0 fully saturated rings. The van der Waals surface area contributed by atoms with E-state index in [1.54, 1.807) is 24.3 Å². The van der Waals surface area contributed by atoms with Crippen molar-refractivity contribution in [2.45, 2.75) is 39.2 Å². The van der Waals surface area contributed by atoms with E-state index in [1.165, 1.54) is 16.6 Å². The van der Waals surface area contributed by atoms with Crippen LogP contribution in [-0.4, -0.2) is 45.3 Å². The number of nitrogens with zero attached hydrogens (tertiary/aromatic N) is 3. The summed E-state index contributed by atoms with van der Waals surface area (Å²) >= 11 is 0. The summed E-state index contributed by atoms with van der Waals surface area (Å²) < 4.78 is 1.34. The van der Waals surface area contributed by atoms with Gasteiger partial charge in [-0.15, -0.1) is 0 Å². The van der Waals surface area contributed by atoms with Crippen LogP contribution < -0.4 is 5.56 Å². The molecule has 2 aromatic rings. The van der Waals surface area contributed by atoms with Gasteiger partial charge in [0.15, 0.2) is 5.69 Å². The number of hydrogen-bond donors (Lipinski definition) is 1. The Bertz CT molecular complexity index is 829. The van der Waals surface area contributed by atoms with E-state index in [2.05, 4.69) is 12.0 Å². The molecule has 0 aliphatic carbocycles. The van der Waals surface area contributed by atoms with Crippen LogP contribution in [0.2, 0.25) is 0 Å². The zero-order valence-corrected chi connectivity index (χ0v) is 14.6. The van der Waals surface area contributed by atoms with Crippen LogP contribution in [0.1, 0.15) is 43.1 Å². The number of aromatic nitrogens is 2. The average molecular weight is 345 g/mol. The van der Waals surface area contributed by atoms with Gasteiger partial charge in [-0.1, -0.05) is 38.0 Å². The standard InChI is InChI=1S/C18H23N3O4/c1-3-4-7-11-21-17(24)14-9-6-5-8-13(14)16(19-21)18(25)20(2)12-10-15(22)23/h5-6,8-9H,3-4,7,10-12H2,1-2H3,(H,22,23). The summed E-state index contributed by atoms with van der Waals surface area (Å²) in [6, 6.07) is 6.88. The maximum Gasteiger partial charge on any atom is 0.305 e. The topological polar surface area (TPSA) is 92.5 Å². The van der Waals surface area contributed by atoms with Gasteiger partial charge < -0.3 is 10.0 Å². The summed E-state index contributed by atoms with van der Waals surface area (Å²) in [6.07, 6.45) is 2.66. The fourth-order valence-corrected chi connectivity index (χ4v) is 2.60. The van der Waals surface area contributed by atoms with E-state index >= 15 is 0 Å². The van der Waals surface area contributed by atoms with Crippen LogP contribution in [0.15, 0.2) is 29.1 Å². The lowest BCUT2D eigenvalue weighted by atomic mass is 10.1. The highest BCUT2D eigenvalue weighted by Crippen LogP contribution is 2.15. The van der Waals surface area contributed by atoms with E-state index < -0.39 is 5.97 Å². The van der Waals surface area contributed by atoms with E-state index in [0.29, 0.717) is 17.3 Å². The molecule has 0 bridgehead atoms. The van der Waals surface area contributed by atoms with Gasteiger partial charge in [0.05, 0.1) is 11.8 Å². The quantitative estimate of drug-likeness (QED) is 0.740. The van der Waals surface area contributed by atoms with Gasteiger partial charge in [-0.25, -0.2) is 4.68 Å². The molecule has 0 unspecified atom stereocenters. The maximum atomic E-state index is 12.7. The normalized spacial score (nSPS) is 10.8. The van der Waals surface area contributed by atoms with Gasteiger partial charge in [0.1, 0.15) is 0 Å². The van der Waals surface area contributed by atoms with E-state index in [1.807, 2.05) is 0 Å². The van der Waals surface area contributed by atoms with Crippen molar-refractivity contribution in [2.24, 2.45) is 0 Å². The van der Waals surface area contributed by atoms with Crippen LogP contribution >= 0.6 is 0 Å². The largest absolute Gasteiger partial charge is 0.481 e. The van der Waals surface area contributed by atoms with Crippen molar-refractivity contribution in [3.8, 4) is 0 Å². The van der Waals surface area contributed by atoms with E-state index in [4.69, 9.17) is 5.11 Å². The molecule has 1 heterocycles. The summed E-state index contributed by atoms with van der Waals surface area (Å²) in [6.45, 7) is 2.61. The average Bonchev–Trinajstić information content (AvgIpc) is 2.61. The molecule has 1 aromatic heterocycles. The number of amides is 1. The van der Waals surface area contributed by atoms with Crippen LogP contribution in [0.5, 0.6) is 0 Å². The predicted octanol–water partition coefficient (Wildman–Crippen LogP) is 2.13. The van der Waals surface area contributed by atoms with E-state index in [9.17, 15) is 14.4 Å². The molecule has 134 valence electrons. The highest BCUT2D eigenvalue weighted by atomic mass is 16.4. The molecule has 7 nitrogen and oxygen atoms in total. The Morgan fingerprint density at radius 1 is 1.20 bits per heavy atom. The third-order valence-corrected chi connectivity index (χ3v) is 4.05. The van der Waals surface area contributed by atoms with Crippen molar-refractivity contribution in [1.29, 1.82) is 0 Å². The molecular formula is C18H23N3O4. The number of carboxylic acids is 1. The summed E-state index contributed by atoms with van der Waals surface area (Å²) in [5, 5.41) is 14.0. The fourth-order valence-electron chi connectivity index (χ4n) is 2.60. The minimum atomic E-state index is -0.970. The molecule has 2 rings (SSSR count). The van der Waals surface area contributed by atoms with Crippen LogP contribution in [0.3, 0.4) is 0 Å². The number of hydrogen-bond acceptors (Lipinski definition) is 4. The highest BCUT2D eigenvalue weighted by molar-refractivity contribution is 6.04. The number of rotatable bonds is 8. The summed E-state index contributed by atoms with van der Waals surface area (Å²) in [7, 11) is 1.54. The first-order chi connectivity index (χ1) is 12.0. The molecule has 7 heteroatoms. The van der Waals surface area contributed by atoms with Gasteiger partial charge >= 0.3 is 5.97 Å². The molecule has 1 N–H and O–H groups in total. The fraction of sp³-hybridized carbons (Fsp3) is 0.444. The Labute approximate surface area is 145 Å². The monoisotopic (exact) mass is 345 g/mol. The number of aliphatic carboxylic acids is 1. The molecule has 0 radical (unpaired) electrons. The molecule has 0 spiro atoms. The zero-order valence-electron chi connectivity index (χ0n) is 14.6. The first-order valence-corrected chi connectivity index (χ1v) is 8.42. The molecule has 25 heavy (non-hydrogen) atoms. The third kappa shape index (κ3) is 4.43. The van der Waals surface area contributed by atoms with Gasteiger partial charge in [0.2, 0.25) is 0 Å². The lowest BCUT2D eigenvalue weighted by Gasteiger charge is -2.17. The molecule has 0 saturated heterocycles. The molecule has 0 aliphatic rings. The second kappa shape index (κ2) is 8.41. The lowest BCUT2D eigenvalue weighted by molar-refractivity contribution is -0.137. The minimum Gasteiger partial charge on any atom is -0.481 e. The third-order valence-electron chi connectivity index (χ3n) is 4.05. The number of aryl methyl sites for hydroxylation is 1. The van der Waals surface area contributed by atoms with Gasteiger partial charge in [-0.2, -0.15) is 5.10 Å². The molecule has 0 atom stereocenters. The Hall–Kier alpha value is -2.70. The summed E-state index contributed by atoms with van der Waals surface area (Å²) in [4.78, 5) is 37.3. The van der Waals surface area contributed by atoms with Gasteiger partial charge in [-0.05, 0) is 12.5 Å². The predicted molar refractivity (Wildman–Crippen MR) is 94.7 cm³/mol. The van der Waals surface area contributed by atoms with Crippen molar-refractivity contribution in [1.82, 2.24) is 14.7 Å². The second-order valence-electron chi connectivity index (χ2n) is 6.00. The summed E-state index contributed by atoms with van der Waals surface area (Å²) in [5.41, 5.74) is -0.0315. The van der Waals surface area contributed by atoms with E-state index in [-0.39, 0.29) is 30.1 Å². The van der Waals surface area contributed by atoms with Crippen molar-refractivity contribution >= 4 is 22.6 Å². The Morgan fingerprint density at radius 2 is 1.88 bits per heavy atom. The molecule has 0 aliphatic heterocycles. The van der Waals surface area contributed by atoms with Crippen molar-refractivity contribution in [3.05, 3.63) is 40.3 Å². The van der Waals surface area contributed by atoms with Gasteiger partial charge in [-0.3, -0.25) is 14.4 Å². The Kier molecular flexibility index (Phi) is 6.27. The number of carbonyl (C=O) groups excluding carboxylic acids is 1. The molecule has 1 aromatic carbocycles. The first-order valence-electron chi connectivity index (χ1n) is 8.42. The van der Waals surface area contributed by atoms with Crippen molar-refractivity contribution < 1.29 is 14.7 Å². The number of carbonyl (C=O) groups is 2. The van der Waals surface area contributed by atoms with Gasteiger partial charge in [0.25, 0.3) is 11.5 Å². The Morgan fingerprint density at radius 3 is 2.52 bits per heavy atom. The van der Waals surface area contributed by atoms with Crippen LogP contribution in [0.4, 0.5) is 0 Å². The zero-order chi connectivity index (χ0) is 18.4. The Balaban J connectivity index is 2.43. The minimum absolute atomic E-state index is 0.0825. The molecule has 1 amide bonds. The first kappa shape index (κ1) is 18.6. The van der Waals surface area contributed by atoms with Crippen molar-refractivity contribution in [3.63, 3.8) is 0 Å². The SMILES string of the molecule is CCCCCn1nc(C(=O)N(C)CCC(=O)O)c2ccccc2c1=O. The molecule has 0 saturated carbocycles. The summed E-state index contributed by atoms with van der Waals surface area (Å²) in [5.74, 6) is -1.36. The number of fused-ring (bicyclic) bond motifs is 1.